The summed E-state index contributed by atoms with van der Waals surface area (Å²) in [6, 6.07) is 1.96. The van der Waals surface area contributed by atoms with Crippen LogP contribution < -0.4 is 5.32 Å². The lowest BCUT2D eigenvalue weighted by atomic mass is 10.4. The van der Waals surface area contributed by atoms with Gasteiger partial charge in [0.05, 0.1) is 37.3 Å². The first-order valence-electron chi connectivity index (χ1n) is 5.13. The van der Waals surface area contributed by atoms with Gasteiger partial charge in [0.2, 0.25) is 0 Å². The predicted molar refractivity (Wildman–Crippen MR) is 67.1 cm³/mol. The molecule has 6 nitrogen and oxygen atoms in total. The molecule has 17 heavy (non-hydrogen) atoms. The van der Waals surface area contributed by atoms with Gasteiger partial charge in [-0.15, -0.1) is 12.4 Å². The molecule has 0 unspecified atom stereocenters. The minimum absolute atomic E-state index is 0. The number of aliphatic hydroxyl groups excluding tert-OH is 1. The minimum atomic E-state index is 0. The normalized spacial score (nSPS) is 10.0. The fraction of sp³-hybridized carbons (Fsp3) is 0.400. The van der Waals surface area contributed by atoms with Crippen molar-refractivity contribution in [3.63, 3.8) is 0 Å². The van der Waals surface area contributed by atoms with Crippen molar-refractivity contribution in [2.24, 2.45) is 7.05 Å². The lowest BCUT2D eigenvalue weighted by molar-refractivity contribution is 0.269. The quantitative estimate of drug-likeness (QED) is 0.825. The number of aromatic nitrogens is 4. The highest BCUT2D eigenvalue weighted by molar-refractivity contribution is 5.85. The van der Waals surface area contributed by atoms with Crippen LogP contribution in [0, 0.1) is 0 Å². The first-order valence-corrected chi connectivity index (χ1v) is 5.13. The summed E-state index contributed by atoms with van der Waals surface area (Å²) in [5.41, 5.74) is 1.91. The maximum Gasteiger partial charge on any atom is 0.0815 e. The molecular weight excluding hydrogens is 242 g/mol. The highest BCUT2D eigenvalue weighted by Gasteiger charge is 1.99. The number of hydrogen-bond donors (Lipinski definition) is 2. The first-order chi connectivity index (χ1) is 7.78. The summed E-state index contributed by atoms with van der Waals surface area (Å²) in [6.45, 7) is 1.29. The van der Waals surface area contributed by atoms with Crippen molar-refractivity contribution in [3.05, 3.63) is 30.4 Å². The zero-order chi connectivity index (χ0) is 11.4. The van der Waals surface area contributed by atoms with Crippen molar-refractivity contribution >= 4 is 18.1 Å². The van der Waals surface area contributed by atoms with Gasteiger partial charge in [0.1, 0.15) is 0 Å². The van der Waals surface area contributed by atoms with E-state index in [1.165, 1.54) is 0 Å². The molecule has 2 rings (SSSR count). The fourth-order valence-corrected chi connectivity index (χ4v) is 1.43. The Hall–Kier alpha value is -1.53. The van der Waals surface area contributed by atoms with Gasteiger partial charge in [-0.05, 0) is 6.07 Å². The second-order valence-corrected chi connectivity index (χ2v) is 3.55. The molecule has 0 aliphatic rings. The van der Waals surface area contributed by atoms with Gasteiger partial charge >= 0.3 is 0 Å². The van der Waals surface area contributed by atoms with E-state index < -0.39 is 0 Å². The Kier molecular flexibility index (Phi) is 4.99. The molecule has 0 aromatic carbocycles. The standard InChI is InChI=1S/C10H15N5O.ClH/c1-14-3-2-9(13-14)6-11-10-7-12-15(8-10)4-5-16;/h2-3,7-8,11,16H,4-6H2,1H3;1H. The number of nitrogens with one attached hydrogen (secondary N) is 1. The predicted octanol–water partition coefficient (Wildman–Crippen LogP) is 0.643. The van der Waals surface area contributed by atoms with Crippen LogP contribution in [0.5, 0.6) is 0 Å². The SMILES string of the molecule is Cl.Cn1ccc(CNc2cnn(CCO)c2)n1. The Labute approximate surface area is 106 Å². The Morgan fingerprint density at radius 2 is 2.29 bits per heavy atom. The zero-order valence-corrected chi connectivity index (χ0v) is 10.4. The van der Waals surface area contributed by atoms with Crippen molar-refractivity contribution in [1.82, 2.24) is 19.6 Å². The number of rotatable bonds is 5. The molecule has 2 heterocycles. The Morgan fingerprint density at radius 1 is 1.47 bits per heavy atom. The van der Waals surface area contributed by atoms with E-state index in [0.29, 0.717) is 13.1 Å². The van der Waals surface area contributed by atoms with Crippen LogP contribution in [-0.2, 0) is 20.1 Å². The van der Waals surface area contributed by atoms with Crippen molar-refractivity contribution in [3.8, 4) is 0 Å². The van der Waals surface area contributed by atoms with Crippen LogP contribution >= 0.6 is 12.4 Å². The number of halogens is 1. The van der Waals surface area contributed by atoms with Gasteiger partial charge in [-0.1, -0.05) is 0 Å². The maximum atomic E-state index is 8.75. The van der Waals surface area contributed by atoms with Gasteiger partial charge in [0.25, 0.3) is 0 Å². The fourth-order valence-electron chi connectivity index (χ4n) is 1.43. The topological polar surface area (TPSA) is 67.9 Å². The summed E-state index contributed by atoms with van der Waals surface area (Å²) < 4.78 is 3.47. The van der Waals surface area contributed by atoms with E-state index in [9.17, 15) is 0 Å². The van der Waals surface area contributed by atoms with Crippen LogP contribution in [0.2, 0.25) is 0 Å². The molecular formula is C10H16ClN5O. The van der Waals surface area contributed by atoms with Crippen molar-refractivity contribution in [2.75, 3.05) is 11.9 Å². The third-order valence-electron chi connectivity index (χ3n) is 2.20. The Morgan fingerprint density at radius 3 is 2.94 bits per heavy atom. The molecule has 0 amide bonds. The average Bonchev–Trinajstić information content (AvgIpc) is 2.85. The molecule has 0 saturated carbocycles. The lowest BCUT2D eigenvalue weighted by Gasteiger charge is -1.99. The van der Waals surface area contributed by atoms with E-state index in [1.807, 2.05) is 25.5 Å². The first kappa shape index (κ1) is 13.5. The van der Waals surface area contributed by atoms with Crippen LogP contribution in [0.15, 0.2) is 24.7 Å². The van der Waals surface area contributed by atoms with Gasteiger partial charge in [-0.25, -0.2) is 0 Å². The number of aryl methyl sites for hydroxylation is 1. The van der Waals surface area contributed by atoms with Gasteiger partial charge in [-0.2, -0.15) is 10.2 Å². The second kappa shape index (κ2) is 6.27. The van der Waals surface area contributed by atoms with Crippen molar-refractivity contribution in [2.45, 2.75) is 13.1 Å². The number of hydrogen-bond acceptors (Lipinski definition) is 4. The monoisotopic (exact) mass is 257 g/mol. The van der Waals surface area contributed by atoms with Crippen molar-refractivity contribution < 1.29 is 5.11 Å². The molecule has 0 atom stereocenters. The molecule has 0 radical (unpaired) electrons. The molecule has 94 valence electrons. The summed E-state index contributed by atoms with van der Waals surface area (Å²) in [5.74, 6) is 0. The average molecular weight is 258 g/mol. The van der Waals surface area contributed by atoms with Crippen LogP contribution in [0.4, 0.5) is 5.69 Å². The maximum absolute atomic E-state index is 8.75. The molecule has 2 N–H and O–H groups in total. The van der Waals surface area contributed by atoms with Gasteiger partial charge in [-0.3, -0.25) is 9.36 Å². The van der Waals surface area contributed by atoms with E-state index in [-0.39, 0.29) is 19.0 Å². The Bertz CT molecular complexity index is 453. The van der Waals surface area contributed by atoms with E-state index in [0.717, 1.165) is 11.4 Å². The summed E-state index contributed by atoms with van der Waals surface area (Å²) in [4.78, 5) is 0. The van der Waals surface area contributed by atoms with E-state index in [2.05, 4.69) is 15.5 Å². The molecule has 2 aromatic heterocycles. The van der Waals surface area contributed by atoms with Crippen LogP contribution in [0.1, 0.15) is 5.69 Å². The summed E-state index contributed by atoms with van der Waals surface area (Å²) in [6.07, 6.45) is 5.50. The molecule has 7 heteroatoms. The number of aliphatic hydroxyl groups is 1. The summed E-state index contributed by atoms with van der Waals surface area (Å²) >= 11 is 0. The molecule has 0 fully saturated rings. The number of nitrogens with zero attached hydrogens (tertiary/aromatic N) is 4. The highest BCUT2D eigenvalue weighted by Crippen LogP contribution is 2.06. The van der Waals surface area contributed by atoms with Crippen LogP contribution in [0.25, 0.3) is 0 Å². The second-order valence-electron chi connectivity index (χ2n) is 3.55. The number of anilines is 1. The molecule has 0 bridgehead atoms. The third kappa shape index (κ3) is 3.76. The zero-order valence-electron chi connectivity index (χ0n) is 9.58. The van der Waals surface area contributed by atoms with E-state index in [4.69, 9.17) is 5.11 Å². The molecule has 0 saturated heterocycles. The largest absolute Gasteiger partial charge is 0.394 e. The lowest BCUT2D eigenvalue weighted by Crippen LogP contribution is -2.02. The minimum Gasteiger partial charge on any atom is -0.394 e. The Balaban J connectivity index is 0.00000144. The summed E-state index contributed by atoms with van der Waals surface area (Å²) in [5, 5.41) is 20.3. The smallest absolute Gasteiger partial charge is 0.0815 e. The van der Waals surface area contributed by atoms with Gasteiger partial charge < -0.3 is 10.4 Å². The highest BCUT2D eigenvalue weighted by atomic mass is 35.5. The van der Waals surface area contributed by atoms with E-state index in [1.54, 1.807) is 15.6 Å². The van der Waals surface area contributed by atoms with Gasteiger partial charge in [0, 0.05) is 19.4 Å². The summed E-state index contributed by atoms with van der Waals surface area (Å²) in [7, 11) is 1.89. The molecule has 2 aromatic rings. The third-order valence-corrected chi connectivity index (χ3v) is 2.20. The van der Waals surface area contributed by atoms with Crippen LogP contribution in [-0.4, -0.2) is 31.3 Å². The molecule has 0 aliphatic heterocycles. The molecule has 0 aliphatic carbocycles. The van der Waals surface area contributed by atoms with Crippen molar-refractivity contribution in [1.29, 1.82) is 0 Å². The van der Waals surface area contributed by atoms with E-state index >= 15 is 0 Å². The van der Waals surface area contributed by atoms with Gasteiger partial charge in [0.15, 0.2) is 0 Å². The van der Waals surface area contributed by atoms with Crippen LogP contribution in [0.3, 0.4) is 0 Å². The molecule has 0 spiro atoms.